The summed E-state index contributed by atoms with van der Waals surface area (Å²) < 4.78 is 1.21. The molecule has 1 amide bonds. The van der Waals surface area contributed by atoms with Crippen LogP contribution in [0.15, 0.2) is 10.9 Å². The Kier molecular flexibility index (Phi) is 3.23. The smallest absolute Gasteiger partial charge is 0.279 e. The van der Waals surface area contributed by atoms with E-state index in [9.17, 15) is 9.59 Å². The summed E-state index contributed by atoms with van der Waals surface area (Å²) >= 11 is 0. The van der Waals surface area contributed by atoms with Gasteiger partial charge < -0.3 is 10.2 Å². The van der Waals surface area contributed by atoms with Crippen LogP contribution in [0, 0.1) is 6.92 Å². The molecule has 1 aliphatic rings. The average Bonchev–Trinajstić information content (AvgIpc) is 2.34. The van der Waals surface area contributed by atoms with Gasteiger partial charge in [0, 0.05) is 33.2 Å². The Morgan fingerprint density at radius 2 is 2.06 bits per heavy atom. The number of carbonyl (C=O) groups is 1. The van der Waals surface area contributed by atoms with Crippen molar-refractivity contribution < 1.29 is 4.79 Å². The van der Waals surface area contributed by atoms with Gasteiger partial charge in [0.2, 0.25) is 0 Å². The van der Waals surface area contributed by atoms with Gasteiger partial charge in [-0.1, -0.05) is 0 Å². The van der Waals surface area contributed by atoms with Crippen molar-refractivity contribution in [3.8, 4) is 0 Å². The highest BCUT2D eigenvalue weighted by Gasteiger charge is 2.21. The molecule has 6 heteroatoms. The Morgan fingerprint density at radius 3 is 2.71 bits per heavy atom. The fourth-order valence-corrected chi connectivity index (χ4v) is 1.95. The van der Waals surface area contributed by atoms with Gasteiger partial charge >= 0.3 is 0 Å². The normalized spacial score (nSPS) is 16.0. The van der Waals surface area contributed by atoms with Gasteiger partial charge in [0.25, 0.3) is 11.5 Å². The molecule has 1 saturated heterocycles. The maximum absolute atomic E-state index is 12.2. The fraction of sp³-hybridized carbons (Fsp3) is 0.545. The van der Waals surface area contributed by atoms with Crippen LogP contribution in [-0.4, -0.2) is 46.8 Å². The molecule has 0 aliphatic carbocycles. The third-order valence-electron chi connectivity index (χ3n) is 2.82. The molecule has 0 spiro atoms. The molecule has 0 aromatic carbocycles. The number of rotatable bonds is 1. The van der Waals surface area contributed by atoms with Gasteiger partial charge in [-0.05, 0) is 13.0 Å². The summed E-state index contributed by atoms with van der Waals surface area (Å²) in [5.74, 6) is -0.197. The van der Waals surface area contributed by atoms with E-state index in [1.165, 1.54) is 4.68 Å². The first kappa shape index (κ1) is 11.8. The first-order valence-electron chi connectivity index (χ1n) is 5.64. The molecule has 0 bridgehead atoms. The predicted molar refractivity (Wildman–Crippen MR) is 63.0 cm³/mol. The van der Waals surface area contributed by atoms with Crippen LogP contribution in [-0.2, 0) is 7.05 Å². The van der Waals surface area contributed by atoms with E-state index < -0.39 is 0 Å². The van der Waals surface area contributed by atoms with E-state index in [-0.39, 0.29) is 17.0 Å². The van der Waals surface area contributed by atoms with Gasteiger partial charge in [-0.2, -0.15) is 5.10 Å². The maximum atomic E-state index is 12.2. The molecule has 0 saturated carbocycles. The third kappa shape index (κ3) is 2.36. The number of nitrogens with zero attached hydrogens (tertiary/aromatic N) is 3. The number of piperazine rings is 1. The summed E-state index contributed by atoms with van der Waals surface area (Å²) in [5, 5.41) is 7.15. The van der Waals surface area contributed by atoms with Gasteiger partial charge in [-0.3, -0.25) is 9.59 Å². The predicted octanol–water partition coefficient (Wildman–Crippen LogP) is -0.866. The zero-order valence-corrected chi connectivity index (χ0v) is 10.1. The molecule has 1 fully saturated rings. The summed E-state index contributed by atoms with van der Waals surface area (Å²) in [4.78, 5) is 25.7. The maximum Gasteiger partial charge on any atom is 0.279 e. The van der Waals surface area contributed by atoms with Crippen LogP contribution in [0.2, 0.25) is 0 Å². The molecule has 2 heterocycles. The van der Waals surface area contributed by atoms with Crippen molar-refractivity contribution in [3.63, 3.8) is 0 Å². The molecule has 1 aromatic heterocycles. The Morgan fingerprint density at radius 1 is 1.41 bits per heavy atom. The summed E-state index contributed by atoms with van der Waals surface area (Å²) in [6.07, 6.45) is 0. The second-order valence-corrected chi connectivity index (χ2v) is 4.17. The van der Waals surface area contributed by atoms with Crippen molar-refractivity contribution in [2.75, 3.05) is 26.2 Å². The summed E-state index contributed by atoms with van der Waals surface area (Å²) in [6, 6.07) is 1.56. The zero-order chi connectivity index (χ0) is 12.4. The molecule has 17 heavy (non-hydrogen) atoms. The average molecular weight is 236 g/mol. The monoisotopic (exact) mass is 236 g/mol. The number of hydrogen-bond acceptors (Lipinski definition) is 4. The van der Waals surface area contributed by atoms with Gasteiger partial charge in [0.15, 0.2) is 0 Å². The first-order valence-corrected chi connectivity index (χ1v) is 5.64. The molecule has 0 unspecified atom stereocenters. The minimum Gasteiger partial charge on any atom is -0.336 e. The van der Waals surface area contributed by atoms with Crippen LogP contribution in [0.3, 0.4) is 0 Å². The Hall–Kier alpha value is -1.69. The molecule has 1 N–H and O–H groups in total. The van der Waals surface area contributed by atoms with E-state index in [1.807, 2.05) is 0 Å². The van der Waals surface area contributed by atoms with Crippen molar-refractivity contribution >= 4 is 5.91 Å². The number of nitrogens with one attached hydrogen (secondary N) is 1. The third-order valence-corrected chi connectivity index (χ3v) is 2.82. The molecule has 0 radical (unpaired) electrons. The lowest BCUT2D eigenvalue weighted by molar-refractivity contribution is 0.0733. The number of amides is 1. The highest BCUT2D eigenvalue weighted by Crippen LogP contribution is 2.02. The van der Waals surface area contributed by atoms with E-state index in [2.05, 4.69) is 10.4 Å². The minimum absolute atomic E-state index is 0.197. The zero-order valence-electron chi connectivity index (χ0n) is 10.1. The molecule has 2 rings (SSSR count). The Bertz CT molecular complexity index is 489. The number of carbonyl (C=O) groups excluding carboxylic acids is 1. The largest absolute Gasteiger partial charge is 0.336 e. The van der Waals surface area contributed by atoms with E-state index >= 15 is 0 Å². The summed E-state index contributed by atoms with van der Waals surface area (Å²) in [6.45, 7) is 4.60. The minimum atomic E-state index is -0.334. The fourth-order valence-electron chi connectivity index (χ4n) is 1.95. The van der Waals surface area contributed by atoms with Crippen molar-refractivity contribution in [2.45, 2.75) is 6.92 Å². The van der Waals surface area contributed by atoms with Gasteiger partial charge in [-0.25, -0.2) is 4.68 Å². The van der Waals surface area contributed by atoms with Crippen molar-refractivity contribution in [2.24, 2.45) is 7.05 Å². The number of aromatic nitrogens is 2. The van der Waals surface area contributed by atoms with Crippen molar-refractivity contribution in [3.05, 3.63) is 27.7 Å². The lowest BCUT2D eigenvalue weighted by Crippen LogP contribution is -2.48. The lowest BCUT2D eigenvalue weighted by atomic mass is 10.2. The first-order chi connectivity index (χ1) is 8.09. The van der Waals surface area contributed by atoms with Crippen LogP contribution in [0.4, 0.5) is 0 Å². The molecule has 1 aliphatic heterocycles. The molecule has 92 valence electrons. The highest BCUT2D eigenvalue weighted by atomic mass is 16.2. The molecule has 1 aromatic rings. The SMILES string of the molecule is Cc1cc(C(=O)N2CCNCC2)c(=O)n(C)n1. The van der Waals surface area contributed by atoms with E-state index in [0.29, 0.717) is 18.8 Å². The van der Waals surface area contributed by atoms with Gasteiger partial charge in [-0.15, -0.1) is 0 Å². The lowest BCUT2D eigenvalue weighted by Gasteiger charge is -2.27. The Balaban J connectivity index is 2.33. The van der Waals surface area contributed by atoms with Crippen molar-refractivity contribution in [1.29, 1.82) is 0 Å². The van der Waals surface area contributed by atoms with Crippen LogP contribution in [0.5, 0.6) is 0 Å². The highest BCUT2D eigenvalue weighted by molar-refractivity contribution is 5.94. The van der Waals surface area contributed by atoms with Crippen LogP contribution in [0.1, 0.15) is 16.1 Å². The van der Waals surface area contributed by atoms with Gasteiger partial charge in [0.05, 0.1) is 5.69 Å². The van der Waals surface area contributed by atoms with E-state index in [4.69, 9.17) is 0 Å². The topological polar surface area (TPSA) is 67.2 Å². The van der Waals surface area contributed by atoms with Crippen LogP contribution in [0.25, 0.3) is 0 Å². The standard InChI is InChI=1S/C11H16N4O2/c1-8-7-9(10(16)14(2)13-8)11(17)15-5-3-12-4-6-15/h7,12H,3-6H2,1-2H3. The van der Waals surface area contributed by atoms with Crippen LogP contribution >= 0.6 is 0 Å². The second kappa shape index (κ2) is 4.67. The van der Waals surface area contributed by atoms with Crippen LogP contribution < -0.4 is 10.9 Å². The molecular weight excluding hydrogens is 220 g/mol. The van der Waals surface area contributed by atoms with Gasteiger partial charge in [0.1, 0.15) is 5.56 Å². The molecule has 6 nitrogen and oxygen atoms in total. The summed E-state index contributed by atoms with van der Waals surface area (Å²) in [5.41, 5.74) is 0.548. The molecular formula is C11H16N4O2. The van der Waals surface area contributed by atoms with E-state index in [1.54, 1.807) is 24.9 Å². The second-order valence-electron chi connectivity index (χ2n) is 4.17. The van der Waals surface area contributed by atoms with E-state index in [0.717, 1.165) is 13.1 Å². The number of aryl methyl sites for hydroxylation is 2. The summed E-state index contributed by atoms with van der Waals surface area (Å²) in [7, 11) is 1.56. The number of hydrogen-bond donors (Lipinski definition) is 1. The Labute approximate surface area is 99.2 Å². The molecule has 0 atom stereocenters. The van der Waals surface area contributed by atoms with Crippen molar-refractivity contribution in [1.82, 2.24) is 20.0 Å². The quantitative estimate of drug-likeness (QED) is 0.688.